The van der Waals surface area contributed by atoms with Crippen LogP contribution in [0.5, 0.6) is 0 Å². The summed E-state index contributed by atoms with van der Waals surface area (Å²) in [4.78, 5) is 22.5. The first kappa shape index (κ1) is 22.6. The van der Waals surface area contributed by atoms with Crippen molar-refractivity contribution in [2.45, 2.75) is 39.5 Å². The lowest BCUT2D eigenvalue weighted by Gasteiger charge is -2.24. The summed E-state index contributed by atoms with van der Waals surface area (Å²) >= 11 is 1.75. The second-order valence-electron chi connectivity index (χ2n) is 6.67. The number of carbonyl (C=O) groups excluding carboxylic acids is 1. The molecule has 1 aromatic carbocycles. The van der Waals surface area contributed by atoms with Gasteiger partial charge in [0.2, 0.25) is 5.91 Å². The fourth-order valence-electron chi connectivity index (χ4n) is 3.31. The Kier molecular flexibility index (Phi) is 8.68. The molecule has 0 saturated heterocycles. The SMILES string of the molecule is CCNC(=NCC1CC(=O)Nc2ccccc21)NCCc1sc(C)nc1C.I. The van der Waals surface area contributed by atoms with Crippen molar-refractivity contribution in [3.63, 3.8) is 0 Å². The number of hydrogen-bond acceptors (Lipinski definition) is 4. The van der Waals surface area contributed by atoms with Gasteiger partial charge in [0.05, 0.1) is 17.2 Å². The molecule has 1 aliphatic heterocycles. The molecule has 3 N–H and O–H groups in total. The molecule has 0 bridgehead atoms. The number of amides is 1. The first-order valence-corrected chi connectivity index (χ1v) is 10.2. The summed E-state index contributed by atoms with van der Waals surface area (Å²) in [5.41, 5.74) is 3.18. The lowest BCUT2D eigenvalue weighted by molar-refractivity contribution is -0.116. The van der Waals surface area contributed by atoms with Gasteiger partial charge in [-0.15, -0.1) is 35.3 Å². The van der Waals surface area contributed by atoms with Crippen molar-refractivity contribution in [3.8, 4) is 0 Å². The third-order valence-corrected chi connectivity index (χ3v) is 5.70. The first-order valence-electron chi connectivity index (χ1n) is 9.40. The number of anilines is 1. The van der Waals surface area contributed by atoms with Gasteiger partial charge in [0.1, 0.15) is 0 Å². The molecule has 2 heterocycles. The summed E-state index contributed by atoms with van der Waals surface area (Å²) in [7, 11) is 0. The summed E-state index contributed by atoms with van der Waals surface area (Å²) in [6.07, 6.45) is 1.40. The van der Waals surface area contributed by atoms with Crippen molar-refractivity contribution < 1.29 is 4.79 Å². The van der Waals surface area contributed by atoms with Crippen LogP contribution in [0.2, 0.25) is 0 Å². The van der Waals surface area contributed by atoms with Gasteiger partial charge in [0, 0.05) is 42.4 Å². The summed E-state index contributed by atoms with van der Waals surface area (Å²) in [5.74, 6) is 0.958. The average molecular weight is 513 g/mol. The topological polar surface area (TPSA) is 78.4 Å². The molecule has 152 valence electrons. The van der Waals surface area contributed by atoms with E-state index in [2.05, 4.69) is 40.8 Å². The van der Waals surface area contributed by atoms with Gasteiger partial charge in [-0.3, -0.25) is 9.79 Å². The predicted octanol–water partition coefficient (Wildman–Crippen LogP) is 3.60. The van der Waals surface area contributed by atoms with Gasteiger partial charge in [-0.25, -0.2) is 4.98 Å². The van der Waals surface area contributed by atoms with Crippen LogP contribution in [0, 0.1) is 13.8 Å². The van der Waals surface area contributed by atoms with E-state index in [9.17, 15) is 4.79 Å². The number of para-hydroxylation sites is 1. The van der Waals surface area contributed by atoms with Gasteiger partial charge >= 0.3 is 0 Å². The number of nitrogens with zero attached hydrogens (tertiary/aromatic N) is 2. The molecule has 0 spiro atoms. The highest BCUT2D eigenvalue weighted by Crippen LogP contribution is 2.31. The number of guanidine groups is 1. The zero-order chi connectivity index (χ0) is 19.2. The third kappa shape index (κ3) is 5.91. The molecule has 0 saturated carbocycles. The van der Waals surface area contributed by atoms with Crippen molar-refractivity contribution in [2.24, 2.45) is 4.99 Å². The Bertz CT molecular complexity index is 836. The van der Waals surface area contributed by atoms with Crippen molar-refractivity contribution in [1.82, 2.24) is 15.6 Å². The first-order chi connectivity index (χ1) is 13.1. The van der Waals surface area contributed by atoms with Crippen LogP contribution < -0.4 is 16.0 Å². The number of benzene rings is 1. The van der Waals surface area contributed by atoms with E-state index in [1.807, 2.05) is 25.1 Å². The van der Waals surface area contributed by atoms with Crippen molar-refractivity contribution in [3.05, 3.63) is 45.4 Å². The van der Waals surface area contributed by atoms with Crippen molar-refractivity contribution in [2.75, 3.05) is 25.0 Å². The number of carbonyl (C=O) groups is 1. The number of nitrogens with one attached hydrogen (secondary N) is 3. The van der Waals surface area contributed by atoms with Crippen LogP contribution in [0.15, 0.2) is 29.3 Å². The number of aliphatic imine (C=N–C) groups is 1. The van der Waals surface area contributed by atoms with E-state index in [0.29, 0.717) is 13.0 Å². The maximum absolute atomic E-state index is 12.0. The summed E-state index contributed by atoms with van der Waals surface area (Å²) < 4.78 is 0. The lowest BCUT2D eigenvalue weighted by Crippen LogP contribution is -2.38. The van der Waals surface area contributed by atoms with Gasteiger partial charge in [-0.1, -0.05) is 18.2 Å². The van der Waals surface area contributed by atoms with E-state index >= 15 is 0 Å². The molecular formula is C20H28IN5OS. The number of rotatable bonds is 6. The van der Waals surface area contributed by atoms with E-state index in [-0.39, 0.29) is 35.8 Å². The number of fused-ring (bicyclic) bond motifs is 1. The second-order valence-corrected chi connectivity index (χ2v) is 7.96. The quantitative estimate of drug-likeness (QED) is 0.314. The molecule has 1 aliphatic rings. The van der Waals surface area contributed by atoms with Crippen LogP contribution >= 0.6 is 35.3 Å². The standard InChI is InChI=1S/C20H27N5OS.HI/c1-4-21-20(22-10-9-18-13(2)24-14(3)27-18)23-12-15-11-19(26)25-17-8-6-5-7-16(15)17;/h5-8,15H,4,9-12H2,1-3H3,(H,25,26)(H2,21,22,23);1H. The van der Waals surface area contributed by atoms with Crippen LogP contribution in [-0.2, 0) is 11.2 Å². The van der Waals surface area contributed by atoms with Crippen LogP contribution in [-0.4, -0.2) is 36.5 Å². The minimum Gasteiger partial charge on any atom is -0.357 e. The predicted molar refractivity (Wildman–Crippen MR) is 127 cm³/mol. The highest BCUT2D eigenvalue weighted by atomic mass is 127. The molecule has 8 heteroatoms. The van der Waals surface area contributed by atoms with Crippen molar-refractivity contribution in [1.29, 1.82) is 0 Å². The molecule has 2 aromatic rings. The lowest BCUT2D eigenvalue weighted by atomic mass is 9.91. The molecule has 1 unspecified atom stereocenters. The molecule has 1 atom stereocenters. The second kappa shape index (κ2) is 10.8. The molecule has 0 radical (unpaired) electrons. The van der Waals surface area contributed by atoms with Gasteiger partial charge in [0.15, 0.2) is 5.96 Å². The summed E-state index contributed by atoms with van der Waals surface area (Å²) in [5, 5.41) is 10.7. The average Bonchev–Trinajstić information content (AvgIpc) is 2.96. The van der Waals surface area contributed by atoms with Gasteiger partial charge in [0.25, 0.3) is 0 Å². The summed E-state index contributed by atoms with van der Waals surface area (Å²) in [6, 6.07) is 7.98. The maximum atomic E-state index is 12.0. The third-order valence-electron chi connectivity index (χ3n) is 4.56. The fourth-order valence-corrected chi connectivity index (χ4v) is 4.24. The van der Waals surface area contributed by atoms with Crippen LogP contribution in [0.1, 0.15) is 40.4 Å². The highest BCUT2D eigenvalue weighted by Gasteiger charge is 2.24. The Labute approximate surface area is 187 Å². The van der Waals surface area contributed by atoms with Gasteiger partial charge in [-0.05, 0) is 32.4 Å². The normalized spacial score (nSPS) is 16.0. The van der Waals surface area contributed by atoms with Crippen molar-refractivity contribution >= 4 is 52.9 Å². The van der Waals surface area contributed by atoms with E-state index in [1.165, 1.54) is 4.88 Å². The number of thiazole rings is 1. The Morgan fingerprint density at radius 3 is 2.82 bits per heavy atom. The molecule has 6 nitrogen and oxygen atoms in total. The van der Waals surface area contributed by atoms with E-state index in [4.69, 9.17) is 4.99 Å². The molecule has 1 aromatic heterocycles. The smallest absolute Gasteiger partial charge is 0.225 e. The molecule has 0 fully saturated rings. The summed E-state index contributed by atoms with van der Waals surface area (Å²) in [6.45, 7) is 8.33. The van der Waals surface area contributed by atoms with Crippen LogP contribution in [0.3, 0.4) is 0 Å². The van der Waals surface area contributed by atoms with E-state index in [0.717, 1.165) is 47.4 Å². The number of aryl methyl sites for hydroxylation is 2. The minimum atomic E-state index is 0. The molecule has 28 heavy (non-hydrogen) atoms. The molecule has 1 amide bonds. The van der Waals surface area contributed by atoms with Gasteiger partial charge in [-0.2, -0.15) is 0 Å². The number of aromatic nitrogens is 1. The van der Waals surface area contributed by atoms with Crippen LogP contribution in [0.4, 0.5) is 5.69 Å². The molecule has 0 aliphatic carbocycles. The number of hydrogen-bond donors (Lipinski definition) is 3. The monoisotopic (exact) mass is 513 g/mol. The molecular weight excluding hydrogens is 485 g/mol. The maximum Gasteiger partial charge on any atom is 0.225 e. The Morgan fingerprint density at radius 2 is 2.11 bits per heavy atom. The van der Waals surface area contributed by atoms with Crippen LogP contribution in [0.25, 0.3) is 0 Å². The fraction of sp³-hybridized carbons (Fsp3) is 0.450. The Morgan fingerprint density at radius 1 is 1.32 bits per heavy atom. The zero-order valence-electron chi connectivity index (χ0n) is 16.5. The number of halogens is 1. The highest BCUT2D eigenvalue weighted by molar-refractivity contribution is 14.0. The minimum absolute atomic E-state index is 0. The largest absolute Gasteiger partial charge is 0.357 e. The van der Waals surface area contributed by atoms with Gasteiger partial charge < -0.3 is 16.0 Å². The van der Waals surface area contributed by atoms with E-state index < -0.39 is 0 Å². The Hall–Kier alpha value is -1.68. The zero-order valence-corrected chi connectivity index (χ0v) is 19.7. The Balaban J connectivity index is 0.00000280. The molecule has 3 rings (SSSR count). The van der Waals surface area contributed by atoms with E-state index in [1.54, 1.807) is 11.3 Å².